The first kappa shape index (κ1) is 15.7. The molecule has 0 aromatic carbocycles. The Kier molecular flexibility index (Phi) is 11.6. The lowest BCUT2D eigenvalue weighted by molar-refractivity contribution is 0.0827. The van der Waals surface area contributed by atoms with Crippen LogP contribution in [0.15, 0.2) is 0 Å². The van der Waals surface area contributed by atoms with E-state index >= 15 is 0 Å². The maximum absolute atomic E-state index is 5.53. The van der Waals surface area contributed by atoms with Gasteiger partial charge in [0.05, 0.1) is 6.10 Å². The van der Waals surface area contributed by atoms with Crippen LogP contribution in [0.25, 0.3) is 0 Å². The molecule has 0 saturated heterocycles. The van der Waals surface area contributed by atoms with Gasteiger partial charge in [0.25, 0.3) is 0 Å². The van der Waals surface area contributed by atoms with Crippen LogP contribution >= 0.6 is 22.6 Å². The molecule has 3 heteroatoms. The lowest BCUT2D eigenvalue weighted by atomic mass is 10.1. The number of alkyl halides is 1. The van der Waals surface area contributed by atoms with Gasteiger partial charge < -0.3 is 9.47 Å². The Hall–Kier alpha value is 0.650. The highest BCUT2D eigenvalue weighted by Gasteiger charge is 2.17. The average molecular weight is 328 g/mol. The van der Waals surface area contributed by atoms with Crippen LogP contribution in [0.4, 0.5) is 0 Å². The highest BCUT2D eigenvalue weighted by atomic mass is 127. The van der Waals surface area contributed by atoms with Crippen molar-refractivity contribution in [2.45, 2.75) is 55.5 Å². The molecule has 0 radical (unpaired) electrons. The maximum atomic E-state index is 5.53. The average Bonchev–Trinajstić information content (AvgIpc) is 2.24. The summed E-state index contributed by atoms with van der Waals surface area (Å²) in [5, 5.41) is 0. The van der Waals surface area contributed by atoms with Gasteiger partial charge in [0, 0.05) is 24.8 Å². The van der Waals surface area contributed by atoms with Crippen LogP contribution in [0.1, 0.15) is 45.4 Å². The largest absolute Gasteiger partial charge is 0.385 e. The molecule has 2 atom stereocenters. The molecule has 0 unspecified atom stereocenters. The van der Waals surface area contributed by atoms with E-state index in [1.54, 1.807) is 7.11 Å². The van der Waals surface area contributed by atoms with E-state index in [9.17, 15) is 0 Å². The second-order valence-electron chi connectivity index (χ2n) is 3.92. The van der Waals surface area contributed by atoms with Crippen molar-refractivity contribution in [3.8, 4) is 0 Å². The van der Waals surface area contributed by atoms with Gasteiger partial charge in [0.1, 0.15) is 0 Å². The molecule has 0 rings (SSSR count). The molecule has 0 saturated carbocycles. The van der Waals surface area contributed by atoms with E-state index in [1.165, 1.54) is 25.7 Å². The normalized spacial score (nSPS) is 15.2. The van der Waals surface area contributed by atoms with Gasteiger partial charge in [-0.25, -0.2) is 0 Å². The van der Waals surface area contributed by atoms with E-state index in [0.717, 1.165) is 19.4 Å². The topological polar surface area (TPSA) is 18.5 Å². The molecule has 0 N–H and O–H groups in total. The van der Waals surface area contributed by atoms with E-state index in [0.29, 0.717) is 10.0 Å². The van der Waals surface area contributed by atoms with Crippen LogP contribution in [-0.4, -0.2) is 30.9 Å². The summed E-state index contributed by atoms with van der Waals surface area (Å²) in [5.74, 6) is 0. The minimum Gasteiger partial charge on any atom is -0.385 e. The van der Waals surface area contributed by atoms with Crippen molar-refractivity contribution in [2.75, 3.05) is 20.8 Å². The summed E-state index contributed by atoms with van der Waals surface area (Å²) < 4.78 is 11.2. The summed E-state index contributed by atoms with van der Waals surface area (Å²) in [6, 6.07) is 0. The summed E-state index contributed by atoms with van der Waals surface area (Å²) in [5.41, 5.74) is 0. The quantitative estimate of drug-likeness (QED) is 0.345. The molecule has 15 heavy (non-hydrogen) atoms. The van der Waals surface area contributed by atoms with Gasteiger partial charge in [-0.2, -0.15) is 0 Å². The van der Waals surface area contributed by atoms with Gasteiger partial charge in [0.2, 0.25) is 0 Å². The Morgan fingerprint density at radius 1 is 1.07 bits per heavy atom. The summed E-state index contributed by atoms with van der Waals surface area (Å²) in [4.78, 5) is 0. The first-order valence-electron chi connectivity index (χ1n) is 5.92. The zero-order valence-electron chi connectivity index (χ0n) is 10.3. The van der Waals surface area contributed by atoms with Gasteiger partial charge in [0.15, 0.2) is 0 Å². The molecule has 0 aromatic heterocycles. The van der Waals surface area contributed by atoms with Gasteiger partial charge in [-0.05, 0) is 19.3 Å². The Balaban J connectivity index is 3.62. The summed E-state index contributed by atoms with van der Waals surface area (Å²) in [7, 11) is 3.58. The van der Waals surface area contributed by atoms with Gasteiger partial charge in [-0.3, -0.25) is 0 Å². The smallest absolute Gasteiger partial charge is 0.0689 e. The van der Waals surface area contributed by atoms with Crippen LogP contribution in [0.3, 0.4) is 0 Å². The Bertz CT molecular complexity index is 131. The Labute approximate surface area is 108 Å². The van der Waals surface area contributed by atoms with Gasteiger partial charge >= 0.3 is 0 Å². The highest BCUT2D eigenvalue weighted by Crippen LogP contribution is 2.20. The molecule has 2 nitrogen and oxygen atoms in total. The predicted octanol–water partition coefficient (Wildman–Crippen LogP) is 3.81. The SMILES string of the molecule is CCCCC[C@@H](I)[C@@H](CCCOC)OC. The molecule has 0 aliphatic rings. The lowest BCUT2D eigenvalue weighted by Gasteiger charge is -2.21. The van der Waals surface area contributed by atoms with Crippen molar-refractivity contribution in [3.05, 3.63) is 0 Å². The van der Waals surface area contributed by atoms with Gasteiger partial charge in [-0.15, -0.1) is 0 Å². The summed E-state index contributed by atoms with van der Waals surface area (Å²) in [6.45, 7) is 3.09. The number of methoxy groups -OCH3 is 2. The van der Waals surface area contributed by atoms with Gasteiger partial charge in [-0.1, -0.05) is 48.8 Å². The van der Waals surface area contributed by atoms with Crippen LogP contribution in [-0.2, 0) is 9.47 Å². The lowest BCUT2D eigenvalue weighted by Crippen LogP contribution is -2.23. The van der Waals surface area contributed by atoms with E-state index in [-0.39, 0.29) is 0 Å². The fourth-order valence-corrected chi connectivity index (χ4v) is 2.74. The van der Waals surface area contributed by atoms with E-state index in [4.69, 9.17) is 9.47 Å². The molecular weight excluding hydrogens is 303 g/mol. The van der Waals surface area contributed by atoms with Crippen molar-refractivity contribution >= 4 is 22.6 Å². The fourth-order valence-electron chi connectivity index (χ4n) is 1.65. The van der Waals surface area contributed by atoms with Crippen LogP contribution in [0.2, 0.25) is 0 Å². The van der Waals surface area contributed by atoms with E-state index < -0.39 is 0 Å². The summed E-state index contributed by atoms with van der Waals surface area (Å²) >= 11 is 2.53. The second-order valence-corrected chi connectivity index (χ2v) is 5.52. The fraction of sp³-hybridized carbons (Fsp3) is 1.00. The number of hydrogen-bond donors (Lipinski definition) is 0. The number of hydrogen-bond acceptors (Lipinski definition) is 2. The minimum absolute atomic E-state index is 0.401. The molecule has 0 heterocycles. The van der Waals surface area contributed by atoms with Crippen LogP contribution in [0.5, 0.6) is 0 Å². The number of unbranched alkanes of at least 4 members (excludes halogenated alkanes) is 2. The molecule has 0 spiro atoms. The van der Waals surface area contributed by atoms with Crippen molar-refractivity contribution in [1.82, 2.24) is 0 Å². The molecule has 0 aliphatic carbocycles. The molecule has 0 amide bonds. The molecule has 0 aromatic rings. The van der Waals surface area contributed by atoms with Crippen molar-refractivity contribution in [1.29, 1.82) is 0 Å². The Morgan fingerprint density at radius 2 is 1.80 bits per heavy atom. The van der Waals surface area contributed by atoms with Crippen molar-refractivity contribution in [2.24, 2.45) is 0 Å². The molecule has 0 aliphatic heterocycles. The number of rotatable bonds is 10. The zero-order valence-corrected chi connectivity index (χ0v) is 12.5. The Morgan fingerprint density at radius 3 is 2.33 bits per heavy atom. The van der Waals surface area contributed by atoms with E-state index in [1.807, 2.05) is 7.11 Å². The first-order valence-corrected chi connectivity index (χ1v) is 7.16. The third kappa shape index (κ3) is 8.46. The second kappa shape index (κ2) is 11.1. The van der Waals surface area contributed by atoms with Crippen molar-refractivity contribution in [3.63, 3.8) is 0 Å². The standard InChI is InChI=1S/C12H25IO2/c1-4-5-6-8-11(13)12(15-3)9-7-10-14-2/h11-12H,4-10H2,1-3H3/t11-,12-/m1/s1. The first-order chi connectivity index (χ1) is 7.26. The highest BCUT2D eigenvalue weighted by molar-refractivity contribution is 14.1. The summed E-state index contributed by atoms with van der Waals surface area (Å²) in [6.07, 6.45) is 7.86. The minimum atomic E-state index is 0.401. The molecule has 0 bridgehead atoms. The van der Waals surface area contributed by atoms with E-state index in [2.05, 4.69) is 29.5 Å². The maximum Gasteiger partial charge on any atom is 0.0689 e. The third-order valence-corrected chi connectivity index (χ3v) is 4.05. The zero-order chi connectivity index (χ0) is 11.5. The van der Waals surface area contributed by atoms with Crippen LogP contribution in [0, 0.1) is 0 Å². The molecular formula is C12H25IO2. The van der Waals surface area contributed by atoms with Crippen LogP contribution < -0.4 is 0 Å². The third-order valence-electron chi connectivity index (χ3n) is 2.63. The van der Waals surface area contributed by atoms with Crippen molar-refractivity contribution < 1.29 is 9.47 Å². The predicted molar refractivity (Wildman–Crippen MR) is 73.9 cm³/mol. The monoisotopic (exact) mass is 328 g/mol. The number of halogens is 1. The molecule has 0 fully saturated rings. The molecule has 92 valence electrons. The number of ether oxygens (including phenoxy) is 2.